The zero-order valence-corrected chi connectivity index (χ0v) is 38.9. The molecule has 354 valence electrons. The second-order valence-corrected chi connectivity index (χ2v) is 18.9. The average Bonchev–Trinajstić information content (AvgIpc) is 4.05. The number of benzene rings is 2. The first-order chi connectivity index (χ1) is 31.6. The minimum absolute atomic E-state index is 0.0770. The number of likely N-dealkylation sites (tertiary alicyclic amines) is 2. The molecule has 18 heteroatoms. The van der Waals surface area contributed by atoms with Gasteiger partial charge in [-0.1, -0.05) is 74.0 Å². The van der Waals surface area contributed by atoms with Gasteiger partial charge in [0.1, 0.15) is 34.6 Å². The number of carbonyl (C=O) groups excluding carboxylic acids is 4. The van der Waals surface area contributed by atoms with Gasteiger partial charge >= 0.3 is 12.2 Å². The quantitative estimate of drug-likeness (QED) is 0.114. The molecule has 0 bridgehead atoms. The molecule has 5 heterocycles. The van der Waals surface area contributed by atoms with E-state index in [0.717, 1.165) is 27.9 Å². The van der Waals surface area contributed by atoms with Crippen LogP contribution in [-0.4, -0.2) is 111 Å². The number of nitrogens with zero attached hydrogens (tertiary/aromatic N) is 4. The summed E-state index contributed by atoms with van der Waals surface area (Å²) >= 11 is 6.80. The van der Waals surface area contributed by atoms with E-state index >= 15 is 0 Å². The van der Waals surface area contributed by atoms with E-state index in [-0.39, 0.29) is 73.4 Å². The lowest BCUT2D eigenvalue weighted by atomic mass is 9.79. The third kappa shape index (κ3) is 9.37. The van der Waals surface area contributed by atoms with Crippen molar-refractivity contribution in [1.82, 2.24) is 40.4 Å². The lowest BCUT2D eigenvalue weighted by Gasteiger charge is -2.53. The number of amides is 4. The number of alkyl carbamates (subject to hydrolysis) is 2. The Labute approximate surface area is 388 Å². The van der Waals surface area contributed by atoms with Crippen LogP contribution in [0.5, 0.6) is 0 Å². The highest BCUT2D eigenvalue weighted by molar-refractivity contribution is 6.32. The third-order valence-electron chi connectivity index (χ3n) is 14.7. The number of aromatic amines is 2. The van der Waals surface area contributed by atoms with Gasteiger partial charge in [-0.15, -0.1) is 0 Å². The van der Waals surface area contributed by atoms with Gasteiger partial charge in [0.15, 0.2) is 0 Å². The summed E-state index contributed by atoms with van der Waals surface area (Å²) in [6.07, 6.45) is 1.79. The number of imidazole rings is 2. The number of H-pyrrole nitrogens is 2. The minimum atomic E-state index is -2.78. The van der Waals surface area contributed by atoms with Crippen molar-refractivity contribution in [2.24, 2.45) is 23.7 Å². The van der Waals surface area contributed by atoms with Crippen LogP contribution >= 0.6 is 11.6 Å². The molecule has 4 aromatic rings. The van der Waals surface area contributed by atoms with Crippen molar-refractivity contribution >= 4 is 35.6 Å². The first-order valence-corrected chi connectivity index (χ1v) is 23.3. The number of carbonyl (C=O) groups is 4. The fourth-order valence-corrected chi connectivity index (χ4v) is 10.6. The van der Waals surface area contributed by atoms with Crippen LogP contribution in [0.15, 0.2) is 54.7 Å². The molecule has 66 heavy (non-hydrogen) atoms. The molecular weight excluding hydrogens is 874 g/mol. The number of methoxy groups -OCH3 is 2. The first kappa shape index (κ1) is 47.0. The molecule has 0 radical (unpaired) electrons. The van der Waals surface area contributed by atoms with E-state index in [1.54, 1.807) is 16.0 Å². The van der Waals surface area contributed by atoms with E-state index in [4.69, 9.17) is 35.8 Å². The Morgan fingerprint density at radius 3 is 1.86 bits per heavy atom. The summed E-state index contributed by atoms with van der Waals surface area (Å²) in [6, 6.07) is 13.1. The molecule has 1 aliphatic carbocycles. The van der Waals surface area contributed by atoms with Crippen LogP contribution in [-0.2, 0) is 23.8 Å². The Kier molecular flexibility index (Phi) is 13.8. The van der Waals surface area contributed by atoms with Crippen LogP contribution in [0.3, 0.4) is 0 Å². The van der Waals surface area contributed by atoms with E-state index in [1.165, 1.54) is 14.2 Å². The Bertz CT molecular complexity index is 2380. The molecule has 3 saturated heterocycles. The molecule has 4 N–H and O–H groups in total. The van der Waals surface area contributed by atoms with Gasteiger partial charge in [-0.2, -0.15) is 0 Å². The molecule has 4 amide bonds. The zero-order valence-electron chi connectivity index (χ0n) is 38.1. The molecule has 15 nitrogen and oxygen atoms in total. The molecule has 2 aromatic heterocycles. The fourth-order valence-electron chi connectivity index (χ4n) is 10.4. The van der Waals surface area contributed by atoms with Gasteiger partial charge in [-0.3, -0.25) is 9.59 Å². The molecule has 3 aliphatic heterocycles. The van der Waals surface area contributed by atoms with E-state index in [9.17, 15) is 28.0 Å². The number of alkyl halides is 2. The molecule has 0 spiro atoms. The highest BCUT2D eigenvalue weighted by atomic mass is 35.5. The smallest absolute Gasteiger partial charge is 0.407 e. The Morgan fingerprint density at radius 2 is 1.29 bits per heavy atom. The van der Waals surface area contributed by atoms with Crippen molar-refractivity contribution in [2.45, 2.75) is 115 Å². The summed E-state index contributed by atoms with van der Waals surface area (Å²) in [5, 5.41) is 5.83. The van der Waals surface area contributed by atoms with E-state index in [2.05, 4.69) is 34.4 Å². The first-order valence-electron chi connectivity index (χ1n) is 22.9. The second kappa shape index (κ2) is 19.4. The highest BCUT2D eigenvalue weighted by Crippen LogP contribution is 2.46. The van der Waals surface area contributed by atoms with Crippen LogP contribution in [0.4, 0.5) is 18.4 Å². The number of halogens is 3. The number of aromatic nitrogens is 4. The molecule has 4 aliphatic rings. The predicted octanol–water partition coefficient (Wildman–Crippen LogP) is 8.69. The van der Waals surface area contributed by atoms with Gasteiger partial charge in [0.2, 0.25) is 17.7 Å². The maximum absolute atomic E-state index is 14.4. The summed E-state index contributed by atoms with van der Waals surface area (Å²) < 4.78 is 43.5. The predicted molar refractivity (Wildman–Crippen MR) is 242 cm³/mol. The number of hydrogen-bond acceptors (Lipinski definition) is 9. The van der Waals surface area contributed by atoms with Gasteiger partial charge in [0.05, 0.1) is 38.2 Å². The zero-order chi connectivity index (χ0) is 47.0. The molecular formula is C48H59ClF2N8O7. The van der Waals surface area contributed by atoms with Crippen molar-refractivity contribution in [3.8, 4) is 33.6 Å². The second-order valence-electron chi connectivity index (χ2n) is 18.5. The molecule has 2 unspecified atom stereocenters. The maximum atomic E-state index is 14.4. The number of nitrogens with one attached hydrogen (secondary N) is 4. The summed E-state index contributed by atoms with van der Waals surface area (Å²) in [7, 11) is 2.50. The van der Waals surface area contributed by atoms with Crippen LogP contribution in [0, 0.1) is 23.7 Å². The fraction of sp³-hybridized carbons (Fsp3) is 0.542. The highest BCUT2D eigenvalue weighted by Gasteiger charge is 2.52. The van der Waals surface area contributed by atoms with Crippen LogP contribution in [0.25, 0.3) is 33.6 Å². The summed E-state index contributed by atoms with van der Waals surface area (Å²) in [4.78, 5) is 73.2. The van der Waals surface area contributed by atoms with Crippen LogP contribution < -0.4 is 10.6 Å². The lowest BCUT2D eigenvalue weighted by Crippen LogP contribution is -2.64. The van der Waals surface area contributed by atoms with Crippen molar-refractivity contribution in [3.05, 3.63) is 71.5 Å². The molecule has 8 rings (SSSR count). The summed E-state index contributed by atoms with van der Waals surface area (Å²) in [5.74, 6) is -2.46. The summed E-state index contributed by atoms with van der Waals surface area (Å²) in [5.41, 5.74) is 4.97. The topological polar surface area (TPSA) is 184 Å². The van der Waals surface area contributed by atoms with Crippen LogP contribution in [0.2, 0.25) is 5.15 Å². The third-order valence-corrected chi connectivity index (χ3v) is 14.9. The van der Waals surface area contributed by atoms with Crippen LogP contribution in [0.1, 0.15) is 96.4 Å². The number of rotatable bonds is 11. The molecule has 8 atom stereocenters. The SMILES string of the molecule is COC(=O)N[C@H](C(=O)N1[C@H](C)C(C)[C@H]1c1nc(-c2ccc(-c3ccc(-c4cnc([C@@H]5CC(C)[C@@H](C)N5C(=O)[C@@H](NC(=O)OC)C5CCC(F)(F)CC5)[nH]4)cc3)cc2)c(Cl)[nH]1)C1CCOCC1. The molecule has 4 fully saturated rings. The van der Waals surface area contributed by atoms with E-state index in [1.807, 2.05) is 62.4 Å². The van der Waals surface area contributed by atoms with Gasteiger partial charge in [-0.05, 0) is 80.4 Å². The Balaban J connectivity index is 0.953. The number of ether oxygens (including phenoxy) is 3. The normalized spacial score (nSPS) is 25.4. The van der Waals surface area contributed by atoms with Crippen molar-refractivity contribution in [1.29, 1.82) is 0 Å². The Morgan fingerprint density at radius 1 is 0.758 bits per heavy atom. The average molecular weight is 933 g/mol. The maximum Gasteiger partial charge on any atom is 0.407 e. The minimum Gasteiger partial charge on any atom is -0.453 e. The molecule has 1 saturated carbocycles. The van der Waals surface area contributed by atoms with E-state index in [0.29, 0.717) is 55.0 Å². The lowest BCUT2D eigenvalue weighted by molar-refractivity contribution is -0.156. The monoisotopic (exact) mass is 932 g/mol. The van der Waals surface area contributed by atoms with E-state index < -0.39 is 42.2 Å². The van der Waals surface area contributed by atoms with Crippen molar-refractivity contribution in [2.75, 3.05) is 27.4 Å². The standard InChI is InChI=1S/C48H59ClF2N8O7/c1-25-23-36(58(27(25)3)44(60)38(55-46(62)64-5)33-15-19-48(50,51)20-16-33)42-52-24-35(53-42)31-11-7-29(8-12-31)30-9-13-32(14-10-30)37-41(49)57-43(54-37)40-26(2)28(4)59(40)45(61)39(56-47(63)65-6)34-17-21-66-22-18-34/h7-14,24-28,33-34,36,38-40H,15-23H2,1-6H3,(H,52,53)(H,54,57)(H,55,62)(H,56,63)/t25?,26?,27-,28-,36+,38+,39+,40+/m1/s1. The van der Waals surface area contributed by atoms with Crippen molar-refractivity contribution in [3.63, 3.8) is 0 Å². The Hall–Kier alpha value is -5.55. The summed E-state index contributed by atoms with van der Waals surface area (Å²) in [6.45, 7) is 9.14. The van der Waals surface area contributed by atoms with Crippen molar-refractivity contribution < 1.29 is 42.2 Å². The number of hydrogen-bond donors (Lipinski definition) is 4. The van der Waals surface area contributed by atoms with Gasteiger partial charge in [0, 0.05) is 49.6 Å². The van der Waals surface area contributed by atoms with Gasteiger partial charge in [0.25, 0.3) is 0 Å². The largest absolute Gasteiger partial charge is 0.453 e. The van der Waals surface area contributed by atoms with Gasteiger partial charge < -0.3 is 44.6 Å². The van der Waals surface area contributed by atoms with Gasteiger partial charge in [-0.25, -0.2) is 28.3 Å². The molecule has 2 aromatic carbocycles.